The van der Waals surface area contributed by atoms with E-state index in [1.54, 1.807) is 12.1 Å². The monoisotopic (exact) mass is 250 g/mol. The van der Waals surface area contributed by atoms with E-state index in [1.807, 2.05) is 13.0 Å². The molecule has 0 amide bonds. The summed E-state index contributed by atoms with van der Waals surface area (Å²) in [6, 6.07) is 5.22. The Hall–Kier alpha value is -1.51. The Morgan fingerprint density at radius 1 is 1.22 bits per heavy atom. The zero-order valence-corrected chi connectivity index (χ0v) is 11.2. The van der Waals surface area contributed by atoms with Gasteiger partial charge in [-0.3, -0.25) is 0 Å². The quantitative estimate of drug-likeness (QED) is 0.712. The fourth-order valence-electron chi connectivity index (χ4n) is 1.98. The van der Waals surface area contributed by atoms with Gasteiger partial charge in [0.15, 0.2) is 0 Å². The van der Waals surface area contributed by atoms with Gasteiger partial charge < -0.3 is 9.84 Å². The molecule has 0 fully saturated rings. The molecule has 0 heterocycles. The molecule has 0 atom stereocenters. The van der Waals surface area contributed by atoms with E-state index in [0.29, 0.717) is 24.3 Å². The molecule has 0 saturated heterocycles. The molecule has 0 aliphatic carbocycles. The lowest BCUT2D eigenvalue weighted by molar-refractivity contribution is 0.0695. The zero-order chi connectivity index (χ0) is 13.4. The van der Waals surface area contributed by atoms with Crippen LogP contribution in [0.4, 0.5) is 0 Å². The van der Waals surface area contributed by atoms with Crippen LogP contribution in [0.1, 0.15) is 55.5 Å². The average Bonchev–Trinajstić information content (AvgIpc) is 2.38. The molecule has 0 bridgehead atoms. The van der Waals surface area contributed by atoms with Crippen LogP contribution in [0.3, 0.4) is 0 Å². The normalized spacial score (nSPS) is 10.3. The van der Waals surface area contributed by atoms with Crippen molar-refractivity contribution < 1.29 is 14.6 Å². The van der Waals surface area contributed by atoms with Crippen molar-refractivity contribution in [2.75, 3.05) is 6.61 Å². The molecular formula is C15H22O3. The summed E-state index contributed by atoms with van der Waals surface area (Å²) in [4.78, 5) is 11.1. The van der Waals surface area contributed by atoms with E-state index < -0.39 is 5.97 Å². The lowest BCUT2D eigenvalue weighted by Crippen LogP contribution is -2.06. The summed E-state index contributed by atoms with van der Waals surface area (Å²) in [6.45, 7) is 4.79. The van der Waals surface area contributed by atoms with Crippen molar-refractivity contribution in [3.63, 3.8) is 0 Å². The second-order valence-electron chi connectivity index (χ2n) is 4.35. The first kappa shape index (κ1) is 14.6. The number of unbranched alkanes of at least 4 members (excludes halogenated alkanes) is 3. The number of benzene rings is 1. The Balaban J connectivity index is 2.64. The second kappa shape index (κ2) is 7.75. The van der Waals surface area contributed by atoms with Crippen molar-refractivity contribution in [1.29, 1.82) is 0 Å². The Bertz CT molecular complexity index is 385. The molecule has 1 aromatic carbocycles. The minimum Gasteiger partial charge on any atom is -0.493 e. The highest BCUT2D eigenvalue weighted by Crippen LogP contribution is 2.23. The smallest absolute Gasteiger partial charge is 0.336 e. The summed E-state index contributed by atoms with van der Waals surface area (Å²) in [5.41, 5.74) is 1.14. The molecule has 0 spiro atoms. The molecule has 0 radical (unpaired) electrons. The van der Waals surface area contributed by atoms with Crippen LogP contribution in [0, 0.1) is 0 Å². The Morgan fingerprint density at radius 3 is 2.61 bits per heavy atom. The molecule has 1 aromatic rings. The number of aromatic carboxylic acids is 1. The van der Waals surface area contributed by atoms with E-state index in [-0.39, 0.29) is 0 Å². The first-order chi connectivity index (χ1) is 8.70. The summed E-state index contributed by atoms with van der Waals surface area (Å²) >= 11 is 0. The Kier molecular flexibility index (Phi) is 6.26. The number of ether oxygens (including phenoxy) is 1. The topological polar surface area (TPSA) is 46.5 Å². The molecule has 100 valence electrons. The standard InChI is InChI=1S/C15H22O3/c1-3-5-6-7-11-18-14-10-8-9-13(15(16)17)12(14)4-2/h8-10H,3-7,11H2,1-2H3,(H,16,17). The van der Waals surface area contributed by atoms with Crippen molar-refractivity contribution in [2.24, 2.45) is 0 Å². The molecule has 0 saturated carbocycles. The molecule has 0 aliphatic rings. The van der Waals surface area contributed by atoms with Gasteiger partial charge in [0.05, 0.1) is 12.2 Å². The SMILES string of the molecule is CCCCCCOc1cccc(C(=O)O)c1CC. The zero-order valence-electron chi connectivity index (χ0n) is 11.2. The van der Waals surface area contributed by atoms with Gasteiger partial charge in [-0.15, -0.1) is 0 Å². The molecule has 3 nitrogen and oxygen atoms in total. The molecule has 1 N–H and O–H groups in total. The van der Waals surface area contributed by atoms with Gasteiger partial charge in [-0.2, -0.15) is 0 Å². The molecule has 0 aliphatic heterocycles. The van der Waals surface area contributed by atoms with Gasteiger partial charge in [0.2, 0.25) is 0 Å². The molecule has 18 heavy (non-hydrogen) atoms. The van der Waals surface area contributed by atoms with Crippen molar-refractivity contribution in [3.05, 3.63) is 29.3 Å². The second-order valence-corrected chi connectivity index (χ2v) is 4.35. The maximum absolute atomic E-state index is 11.1. The lowest BCUT2D eigenvalue weighted by Gasteiger charge is -2.12. The van der Waals surface area contributed by atoms with Gasteiger partial charge in [-0.25, -0.2) is 4.79 Å². The molecular weight excluding hydrogens is 228 g/mol. The van der Waals surface area contributed by atoms with Crippen LogP contribution in [0.5, 0.6) is 5.75 Å². The van der Waals surface area contributed by atoms with Crippen molar-refractivity contribution in [1.82, 2.24) is 0 Å². The fourth-order valence-corrected chi connectivity index (χ4v) is 1.98. The van der Waals surface area contributed by atoms with Crippen LogP contribution in [0.25, 0.3) is 0 Å². The largest absolute Gasteiger partial charge is 0.493 e. The minimum absolute atomic E-state index is 0.351. The highest BCUT2D eigenvalue weighted by molar-refractivity contribution is 5.90. The van der Waals surface area contributed by atoms with Crippen molar-refractivity contribution >= 4 is 5.97 Å². The predicted molar refractivity (Wildman–Crippen MR) is 72.4 cm³/mol. The van der Waals surface area contributed by atoms with Gasteiger partial charge in [-0.05, 0) is 25.0 Å². The van der Waals surface area contributed by atoms with E-state index in [2.05, 4.69) is 6.92 Å². The van der Waals surface area contributed by atoms with Gasteiger partial charge >= 0.3 is 5.97 Å². The third-order valence-electron chi connectivity index (χ3n) is 2.97. The predicted octanol–water partition coefficient (Wildman–Crippen LogP) is 3.91. The lowest BCUT2D eigenvalue weighted by atomic mass is 10.0. The maximum Gasteiger partial charge on any atom is 0.336 e. The van der Waals surface area contributed by atoms with Crippen LogP contribution in [-0.4, -0.2) is 17.7 Å². The molecule has 0 unspecified atom stereocenters. The molecule has 0 aromatic heterocycles. The van der Waals surface area contributed by atoms with E-state index >= 15 is 0 Å². The number of carboxylic acids is 1. The number of rotatable bonds is 8. The Labute approximate surface area is 109 Å². The summed E-state index contributed by atoms with van der Waals surface area (Å²) < 4.78 is 5.70. The van der Waals surface area contributed by atoms with Gasteiger partial charge in [-0.1, -0.05) is 39.2 Å². The highest BCUT2D eigenvalue weighted by Gasteiger charge is 2.12. The first-order valence-corrected chi connectivity index (χ1v) is 6.68. The first-order valence-electron chi connectivity index (χ1n) is 6.68. The van der Waals surface area contributed by atoms with E-state index in [9.17, 15) is 4.79 Å². The number of hydrogen-bond acceptors (Lipinski definition) is 2. The highest BCUT2D eigenvalue weighted by atomic mass is 16.5. The summed E-state index contributed by atoms with van der Waals surface area (Å²) in [6.07, 6.45) is 5.28. The van der Waals surface area contributed by atoms with Crippen LogP contribution >= 0.6 is 0 Å². The summed E-state index contributed by atoms with van der Waals surface area (Å²) in [5.74, 6) is -0.169. The third-order valence-corrected chi connectivity index (χ3v) is 2.97. The van der Waals surface area contributed by atoms with E-state index in [0.717, 1.165) is 18.4 Å². The van der Waals surface area contributed by atoms with Gasteiger partial charge in [0.25, 0.3) is 0 Å². The van der Waals surface area contributed by atoms with E-state index in [1.165, 1.54) is 12.8 Å². The molecule has 3 heteroatoms. The summed E-state index contributed by atoms with van der Waals surface area (Å²) in [7, 11) is 0. The number of carbonyl (C=O) groups is 1. The van der Waals surface area contributed by atoms with Crippen LogP contribution in [-0.2, 0) is 6.42 Å². The van der Waals surface area contributed by atoms with Crippen LogP contribution in [0.15, 0.2) is 18.2 Å². The third kappa shape index (κ3) is 4.06. The van der Waals surface area contributed by atoms with Gasteiger partial charge in [0.1, 0.15) is 5.75 Å². The number of hydrogen-bond donors (Lipinski definition) is 1. The minimum atomic E-state index is -0.886. The molecule has 1 rings (SSSR count). The van der Waals surface area contributed by atoms with Crippen molar-refractivity contribution in [3.8, 4) is 5.75 Å². The number of carboxylic acid groups (broad SMARTS) is 1. The van der Waals surface area contributed by atoms with Gasteiger partial charge in [0, 0.05) is 5.56 Å². The van der Waals surface area contributed by atoms with Crippen molar-refractivity contribution in [2.45, 2.75) is 46.0 Å². The van der Waals surface area contributed by atoms with E-state index in [4.69, 9.17) is 9.84 Å². The average molecular weight is 250 g/mol. The van der Waals surface area contributed by atoms with Crippen LogP contribution < -0.4 is 4.74 Å². The Morgan fingerprint density at radius 2 is 2.00 bits per heavy atom. The van der Waals surface area contributed by atoms with Crippen LogP contribution in [0.2, 0.25) is 0 Å². The summed E-state index contributed by atoms with van der Waals surface area (Å²) in [5, 5.41) is 9.11. The maximum atomic E-state index is 11.1. The fraction of sp³-hybridized carbons (Fsp3) is 0.533.